The third kappa shape index (κ3) is 3.89. The molecule has 0 amide bonds. The van der Waals surface area contributed by atoms with Gasteiger partial charge in [0.1, 0.15) is 23.9 Å². The Balaban J connectivity index is 3.05. The van der Waals surface area contributed by atoms with E-state index in [9.17, 15) is 13.2 Å². The van der Waals surface area contributed by atoms with Crippen molar-refractivity contribution in [1.82, 2.24) is 4.98 Å². The van der Waals surface area contributed by atoms with E-state index in [4.69, 9.17) is 15.7 Å². The Bertz CT molecular complexity index is 472. The molecule has 0 radical (unpaired) electrons. The van der Waals surface area contributed by atoms with Crippen molar-refractivity contribution >= 4 is 0 Å². The number of pyridine rings is 1. The smallest absolute Gasteiger partial charge is 0.433 e. The third-order valence-corrected chi connectivity index (χ3v) is 1.85. The lowest BCUT2D eigenvalue weighted by Crippen LogP contribution is -2.39. The van der Waals surface area contributed by atoms with Crippen LogP contribution in [0, 0.1) is 11.3 Å². The second kappa shape index (κ2) is 4.82. The van der Waals surface area contributed by atoms with Gasteiger partial charge in [0.15, 0.2) is 0 Å². The Labute approximate surface area is 102 Å². The molecule has 1 aromatic rings. The van der Waals surface area contributed by atoms with Crippen LogP contribution in [-0.4, -0.2) is 17.1 Å². The normalized spacial score (nSPS) is 12.1. The molecule has 1 aromatic heterocycles. The molecule has 0 atom stereocenters. The molecular formula is C11H12F3N3O. The molecule has 0 aliphatic rings. The van der Waals surface area contributed by atoms with E-state index in [2.05, 4.69) is 4.98 Å². The summed E-state index contributed by atoms with van der Waals surface area (Å²) in [4.78, 5) is 3.29. The number of nitriles is 1. The summed E-state index contributed by atoms with van der Waals surface area (Å²) in [5, 5.41) is 8.76. The molecule has 0 aliphatic carbocycles. The summed E-state index contributed by atoms with van der Waals surface area (Å²) in [6.07, 6.45) is -4.58. The van der Waals surface area contributed by atoms with Crippen LogP contribution in [0.3, 0.4) is 0 Å². The van der Waals surface area contributed by atoms with Gasteiger partial charge in [-0.3, -0.25) is 0 Å². The van der Waals surface area contributed by atoms with Gasteiger partial charge in [0.05, 0.1) is 0 Å². The topological polar surface area (TPSA) is 71.9 Å². The molecule has 0 bridgehead atoms. The fourth-order valence-electron chi connectivity index (χ4n) is 1.05. The average Bonchev–Trinajstić information content (AvgIpc) is 2.23. The molecule has 1 heterocycles. The Hall–Kier alpha value is -1.81. The van der Waals surface area contributed by atoms with Gasteiger partial charge < -0.3 is 10.5 Å². The Morgan fingerprint density at radius 2 is 2.00 bits per heavy atom. The highest BCUT2D eigenvalue weighted by molar-refractivity contribution is 5.39. The maximum absolute atomic E-state index is 12.5. The molecule has 98 valence electrons. The van der Waals surface area contributed by atoms with Crippen molar-refractivity contribution in [2.24, 2.45) is 5.73 Å². The fraction of sp³-hybridized carbons (Fsp3) is 0.455. The van der Waals surface area contributed by atoms with E-state index in [0.29, 0.717) is 0 Å². The van der Waals surface area contributed by atoms with Crippen LogP contribution in [0.5, 0.6) is 5.88 Å². The highest BCUT2D eigenvalue weighted by atomic mass is 19.4. The van der Waals surface area contributed by atoms with Crippen LogP contribution in [0.25, 0.3) is 0 Å². The van der Waals surface area contributed by atoms with E-state index in [1.807, 2.05) is 0 Å². The van der Waals surface area contributed by atoms with Crippen LogP contribution in [0.4, 0.5) is 13.2 Å². The number of hydrogen-bond donors (Lipinski definition) is 1. The molecule has 0 saturated heterocycles. The van der Waals surface area contributed by atoms with E-state index in [1.54, 1.807) is 19.9 Å². The molecule has 0 spiro atoms. The zero-order valence-electron chi connectivity index (χ0n) is 9.88. The van der Waals surface area contributed by atoms with Crippen molar-refractivity contribution in [3.05, 3.63) is 23.4 Å². The first kappa shape index (κ1) is 14.3. The standard InChI is InChI=1S/C11H12F3N3O/c1-10(2,16)6-18-9-7(5-15)3-4-8(17-9)11(12,13)14/h3-4H,6,16H2,1-2H3. The Kier molecular flexibility index (Phi) is 3.82. The van der Waals surface area contributed by atoms with Crippen LogP contribution in [0.15, 0.2) is 12.1 Å². The van der Waals surface area contributed by atoms with E-state index < -0.39 is 17.4 Å². The number of halogens is 3. The number of ether oxygens (including phenoxy) is 1. The lowest BCUT2D eigenvalue weighted by Gasteiger charge is -2.19. The first-order valence-electron chi connectivity index (χ1n) is 5.03. The van der Waals surface area contributed by atoms with Gasteiger partial charge in [-0.05, 0) is 26.0 Å². The van der Waals surface area contributed by atoms with Crippen molar-refractivity contribution in [1.29, 1.82) is 5.26 Å². The van der Waals surface area contributed by atoms with E-state index in [0.717, 1.165) is 12.1 Å². The van der Waals surface area contributed by atoms with Crippen LogP contribution in [0.2, 0.25) is 0 Å². The molecule has 0 saturated carbocycles. The Morgan fingerprint density at radius 3 is 2.44 bits per heavy atom. The summed E-state index contributed by atoms with van der Waals surface area (Å²) in [6, 6.07) is 3.47. The molecule has 2 N–H and O–H groups in total. The minimum Gasteiger partial charge on any atom is -0.475 e. The van der Waals surface area contributed by atoms with E-state index in [1.165, 1.54) is 0 Å². The van der Waals surface area contributed by atoms with Gasteiger partial charge in [0.2, 0.25) is 5.88 Å². The summed E-state index contributed by atoms with van der Waals surface area (Å²) in [6.45, 7) is 3.25. The SMILES string of the molecule is CC(C)(N)COc1nc(C(F)(F)F)ccc1C#N. The summed E-state index contributed by atoms with van der Waals surface area (Å²) in [5.74, 6) is -0.356. The number of nitrogens with two attached hydrogens (primary N) is 1. The van der Waals surface area contributed by atoms with E-state index in [-0.39, 0.29) is 18.1 Å². The molecule has 7 heteroatoms. The molecule has 0 fully saturated rings. The first-order chi connectivity index (χ1) is 8.13. The van der Waals surface area contributed by atoms with Crippen molar-refractivity contribution in [2.45, 2.75) is 25.6 Å². The van der Waals surface area contributed by atoms with Crippen molar-refractivity contribution < 1.29 is 17.9 Å². The number of alkyl halides is 3. The Morgan fingerprint density at radius 1 is 1.39 bits per heavy atom. The van der Waals surface area contributed by atoms with Crippen molar-refractivity contribution in [2.75, 3.05) is 6.61 Å². The summed E-state index contributed by atoms with van der Waals surface area (Å²) < 4.78 is 42.4. The minimum atomic E-state index is -4.58. The number of aromatic nitrogens is 1. The molecular weight excluding hydrogens is 247 g/mol. The molecule has 0 unspecified atom stereocenters. The van der Waals surface area contributed by atoms with Crippen LogP contribution in [-0.2, 0) is 6.18 Å². The van der Waals surface area contributed by atoms with Gasteiger partial charge in [-0.1, -0.05) is 0 Å². The van der Waals surface area contributed by atoms with Crippen LogP contribution < -0.4 is 10.5 Å². The highest BCUT2D eigenvalue weighted by Gasteiger charge is 2.33. The predicted octanol–water partition coefficient (Wildman–Crippen LogP) is 2.09. The van der Waals surface area contributed by atoms with Gasteiger partial charge >= 0.3 is 6.18 Å². The van der Waals surface area contributed by atoms with Gasteiger partial charge in [-0.15, -0.1) is 0 Å². The number of nitrogens with zero attached hydrogens (tertiary/aromatic N) is 2. The second-order valence-electron chi connectivity index (χ2n) is 4.44. The quantitative estimate of drug-likeness (QED) is 0.902. The number of hydrogen-bond acceptors (Lipinski definition) is 4. The summed E-state index contributed by atoms with van der Waals surface area (Å²) in [5.41, 5.74) is 3.74. The van der Waals surface area contributed by atoms with Crippen LogP contribution in [0.1, 0.15) is 25.1 Å². The van der Waals surface area contributed by atoms with Gasteiger partial charge in [-0.2, -0.15) is 18.4 Å². The predicted molar refractivity (Wildman–Crippen MR) is 57.7 cm³/mol. The average molecular weight is 259 g/mol. The fourth-order valence-corrected chi connectivity index (χ4v) is 1.05. The maximum Gasteiger partial charge on any atom is 0.433 e. The highest BCUT2D eigenvalue weighted by Crippen LogP contribution is 2.30. The minimum absolute atomic E-state index is 0.0456. The summed E-state index contributed by atoms with van der Waals surface area (Å²) >= 11 is 0. The van der Waals surface area contributed by atoms with Crippen LogP contribution >= 0.6 is 0 Å². The number of rotatable bonds is 3. The maximum atomic E-state index is 12.5. The molecule has 4 nitrogen and oxygen atoms in total. The summed E-state index contributed by atoms with van der Waals surface area (Å²) in [7, 11) is 0. The zero-order valence-corrected chi connectivity index (χ0v) is 9.88. The molecule has 1 rings (SSSR count). The van der Waals surface area contributed by atoms with Crippen molar-refractivity contribution in [3.8, 4) is 11.9 Å². The lowest BCUT2D eigenvalue weighted by molar-refractivity contribution is -0.141. The monoisotopic (exact) mass is 259 g/mol. The molecule has 18 heavy (non-hydrogen) atoms. The van der Waals surface area contributed by atoms with Crippen molar-refractivity contribution in [3.63, 3.8) is 0 Å². The third-order valence-electron chi connectivity index (χ3n) is 1.85. The zero-order chi connectivity index (χ0) is 14.0. The lowest BCUT2D eigenvalue weighted by atomic mass is 10.1. The second-order valence-corrected chi connectivity index (χ2v) is 4.44. The molecule has 0 aliphatic heterocycles. The first-order valence-corrected chi connectivity index (χ1v) is 5.03. The van der Waals surface area contributed by atoms with Gasteiger partial charge in [0, 0.05) is 5.54 Å². The molecule has 0 aromatic carbocycles. The largest absolute Gasteiger partial charge is 0.475 e. The van der Waals surface area contributed by atoms with Gasteiger partial charge in [0.25, 0.3) is 0 Å². The van der Waals surface area contributed by atoms with Gasteiger partial charge in [-0.25, -0.2) is 4.98 Å². The van der Waals surface area contributed by atoms with E-state index >= 15 is 0 Å².